The van der Waals surface area contributed by atoms with E-state index in [1.54, 1.807) is 35.0 Å². The molecule has 0 unspecified atom stereocenters. The molecule has 0 radical (unpaired) electrons. The second-order valence-electron chi connectivity index (χ2n) is 7.69. The summed E-state index contributed by atoms with van der Waals surface area (Å²) < 4.78 is 28.7. The molecule has 10 heteroatoms. The number of nitrogens with zero attached hydrogens (tertiary/aromatic N) is 4. The number of halogens is 1. The highest BCUT2D eigenvalue weighted by atomic mass is 35.5. The van der Waals surface area contributed by atoms with Crippen LogP contribution in [0.2, 0.25) is 5.02 Å². The first-order chi connectivity index (χ1) is 14.8. The third-order valence-corrected chi connectivity index (χ3v) is 7.57. The SMILES string of the molecule is Cc1ccc(Cl)cc1NC(=O)CCCn1nnc2cc(S(=O)(=O)N3CCCC3)ccc21. The molecule has 4 rings (SSSR count). The summed E-state index contributed by atoms with van der Waals surface area (Å²) in [5.41, 5.74) is 2.92. The minimum absolute atomic E-state index is 0.103. The number of benzene rings is 2. The zero-order valence-electron chi connectivity index (χ0n) is 17.2. The van der Waals surface area contributed by atoms with Crippen LogP contribution in [0.15, 0.2) is 41.3 Å². The molecule has 0 spiro atoms. The Kier molecular flexibility index (Phi) is 6.27. The van der Waals surface area contributed by atoms with Gasteiger partial charge in [0.05, 0.1) is 10.4 Å². The van der Waals surface area contributed by atoms with Gasteiger partial charge in [-0.05, 0) is 62.1 Å². The van der Waals surface area contributed by atoms with E-state index in [4.69, 9.17) is 11.6 Å². The van der Waals surface area contributed by atoms with Crippen LogP contribution in [-0.4, -0.2) is 46.7 Å². The Balaban J connectivity index is 1.39. The van der Waals surface area contributed by atoms with Gasteiger partial charge in [0.1, 0.15) is 5.52 Å². The van der Waals surface area contributed by atoms with Crippen LogP contribution in [0.4, 0.5) is 5.69 Å². The average Bonchev–Trinajstić information content (AvgIpc) is 3.41. The fourth-order valence-electron chi connectivity index (χ4n) is 3.69. The van der Waals surface area contributed by atoms with E-state index in [1.807, 2.05) is 13.0 Å². The van der Waals surface area contributed by atoms with Gasteiger partial charge < -0.3 is 5.32 Å². The molecule has 1 fully saturated rings. The molecular formula is C21H24ClN5O3S. The van der Waals surface area contributed by atoms with E-state index >= 15 is 0 Å². The number of rotatable bonds is 7. The lowest BCUT2D eigenvalue weighted by Gasteiger charge is -2.15. The monoisotopic (exact) mass is 461 g/mol. The number of anilines is 1. The molecule has 2 heterocycles. The van der Waals surface area contributed by atoms with E-state index in [1.165, 1.54) is 4.31 Å². The first kappa shape index (κ1) is 21.7. The predicted octanol–water partition coefficient (Wildman–Crippen LogP) is 3.60. The van der Waals surface area contributed by atoms with Crippen molar-refractivity contribution in [3.63, 3.8) is 0 Å². The first-order valence-corrected chi connectivity index (χ1v) is 12.1. The maximum atomic E-state index is 12.7. The lowest BCUT2D eigenvalue weighted by Crippen LogP contribution is -2.27. The number of carbonyl (C=O) groups excluding carboxylic acids is 1. The van der Waals surface area contributed by atoms with Gasteiger partial charge in [0.2, 0.25) is 15.9 Å². The summed E-state index contributed by atoms with van der Waals surface area (Å²) in [6.07, 6.45) is 2.66. The van der Waals surface area contributed by atoms with Crippen LogP contribution in [0.1, 0.15) is 31.2 Å². The van der Waals surface area contributed by atoms with Gasteiger partial charge in [0.25, 0.3) is 0 Å². The fraction of sp³-hybridized carbons (Fsp3) is 0.381. The normalized spacial score (nSPS) is 14.9. The Hall–Kier alpha value is -2.49. The van der Waals surface area contributed by atoms with Crippen LogP contribution in [0, 0.1) is 6.92 Å². The molecule has 31 heavy (non-hydrogen) atoms. The highest BCUT2D eigenvalue weighted by Gasteiger charge is 2.27. The number of aryl methyl sites for hydroxylation is 2. The molecule has 3 aromatic rings. The Morgan fingerprint density at radius 3 is 2.71 bits per heavy atom. The molecule has 1 aromatic heterocycles. The molecule has 2 aromatic carbocycles. The van der Waals surface area contributed by atoms with Gasteiger partial charge in [-0.3, -0.25) is 4.79 Å². The van der Waals surface area contributed by atoms with Crippen LogP contribution in [0.25, 0.3) is 11.0 Å². The predicted molar refractivity (Wildman–Crippen MR) is 120 cm³/mol. The summed E-state index contributed by atoms with van der Waals surface area (Å²) in [4.78, 5) is 12.5. The summed E-state index contributed by atoms with van der Waals surface area (Å²) in [5, 5.41) is 11.7. The van der Waals surface area contributed by atoms with Crippen molar-refractivity contribution < 1.29 is 13.2 Å². The number of carbonyl (C=O) groups is 1. The standard InChI is InChI=1S/C21H24ClN5O3S/c1-15-6-7-16(22)13-18(15)23-21(28)5-4-12-27-20-9-8-17(14-19(20)24-25-27)31(29,30)26-10-2-3-11-26/h6-9,13-14H,2-5,10-12H2,1H3,(H,23,28). The molecule has 0 saturated carbocycles. The third kappa shape index (κ3) is 4.73. The van der Waals surface area contributed by atoms with E-state index < -0.39 is 10.0 Å². The van der Waals surface area contributed by atoms with Crippen molar-refractivity contribution in [2.45, 2.75) is 44.0 Å². The zero-order valence-corrected chi connectivity index (χ0v) is 18.8. The highest BCUT2D eigenvalue weighted by molar-refractivity contribution is 7.89. The number of fused-ring (bicyclic) bond motifs is 1. The number of aromatic nitrogens is 3. The van der Waals surface area contributed by atoms with Gasteiger partial charge in [0.15, 0.2) is 0 Å². The fourth-order valence-corrected chi connectivity index (χ4v) is 5.40. The van der Waals surface area contributed by atoms with Gasteiger partial charge in [-0.15, -0.1) is 5.10 Å². The molecule has 1 N–H and O–H groups in total. The average molecular weight is 462 g/mol. The summed E-state index contributed by atoms with van der Waals surface area (Å²) in [6, 6.07) is 10.3. The van der Waals surface area contributed by atoms with Crippen LogP contribution in [-0.2, 0) is 21.4 Å². The van der Waals surface area contributed by atoms with Crippen molar-refractivity contribution >= 4 is 44.3 Å². The van der Waals surface area contributed by atoms with Crippen molar-refractivity contribution in [2.24, 2.45) is 0 Å². The van der Waals surface area contributed by atoms with Crippen LogP contribution in [0.5, 0.6) is 0 Å². The lowest BCUT2D eigenvalue weighted by molar-refractivity contribution is -0.116. The maximum absolute atomic E-state index is 12.7. The zero-order chi connectivity index (χ0) is 22.0. The number of amides is 1. The van der Waals surface area contributed by atoms with Gasteiger partial charge in [-0.25, -0.2) is 13.1 Å². The first-order valence-electron chi connectivity index (χ1n) is 10.2. The Morgan fingerprint density at radius 1 is 1.16 bits per heavy atom. The van der Waals surface area contributed by atoms with Gasteiger partial charge >= 0.3 is 0 Å². The van der Waals surface area contributed by atoms with Crippen molar-refractivity contribution in [1.82, 2.24) is 19.3 Å². The van der Waals surface area contributed by atoms with Crippen molar-refractivity contribution in [3.05, 3.63) is 47.0 Å². The maximum Gasteiger partial charge on any atom is 0.243 e. The molecule has 164 valence electrons. The number of sulfonamides is 1. The van der Waals surface area contributed by atoms with Gasteiger partial charge in [-0.2, -0.15) is 4.31 Å². The molecule has 0 bridgehead atoms. The largest absolute Gasteiger partial charge is 0.326 e. The van der Waals surface area contributed by atoms with Crippen LogP contribution in [0.3, 0.4) is 0 Å². The van der Waals surface area contributed by atoms with Crippen molar-refractivity contribution in [1.29, 1.82) is 0 Å². The summed E-state index contributed by atoms with van der Waals surface area (Å²) in [5.74, 6) is -0.103. The molecular weight excluding hydrogens is 438 g/mol. The number of hydrogen-bond acceptors (Lipinski definition) is 5. The smallest absolute Gasteiger partial charge is 0.243 e. The quantitative estimate of drug-likeness (QED) is 0.579. The van der Waals surface area contributed by atoms with E-state index in [9.17, 15) is 13.2 Å². The molecule has 8 nitrogen and oxygen atoms in total. The molecule has 0 atom stereocenters. The third-order valence-electron chi connectivity index (χ3n) is 5.44. The second kappa shape index (κ2) is 8.94. The van der Waals surface area contributed by atoms with E-state index in [0.29, 0.717) is 48.7 Å². The summed E-state index contributed by atoms with van der Waals surface area (Å²) >= 11 is 5.99. The number of nitrogens with one attached hydrogen (secondary N) is 1. The molecule has 1 aliphatic rings. The molecule has 1 amide bonds. The van der Waals surface area contributed by atoms with E-state index in [2.05, 4.69) is 15.6 Å². The van der Waals surface area contributed by atoms with Gasteiger partial charge in [0, 0.05) is 36.8 Å². The van der Waals surface area contributed by atoms with Gasteiger partial charge in [-0.1, -0.05) is 22.9 Å². The minimum Gasteiger partial charge on any atom is -0.326 e. The van der Waals surface area contributed by atoms with Crippen LogP contribution >= 0.6 is 11.6 Å². The van der Waals surface area contributed by atoms with Crippen molar-refractivity contribution in [2.75, 3.05) is 18.4 Å². The number of hydrogen-bond donors (Lipinski definition) is 1. The minimum atomic E-state index is -3.49. The van der Waals surface area contributed by atoms with E-state index in [-0.39, 0.29) is 10.8 Å². The van der Waals surface area contributed by atoms with E-state index in [0.717, 1.165) is 23.9 Å². The topological polar surface area (TPSA) is 97.2 Å². The Morgan fingerprint density at radius 2 is 1.94 bits per heavy atom. The second-order valence-corrected chi connectivity index (χ2v) is 10.1. The van der Waals surface area contributed by atoms with Crippen LogP contribution < -0.4 is 5.32 Å². The highest BCUT2D eigenvalue weighted by Crippen LogP contribution is 2.24. The lowest BCUT2D eigenvalue weighted by atomic mass is 10.2. The Bertz CT molecular complexity index is 1220. The Labute approximate surface area is 186 Å². The molecule has 1 aliphatic heterocycles. The summed E-state index contributed by atoms with van der Waals surface area (Å²) in [6.45, 7) is 3.52. The molecule has 1 saturated heterocycles. The van der Waals surface area contributed by atoms with Crippen molar-refractivity contribution in [3.8, 4) is 0 Å². The summed E-state index contributed by atoms with van der Waals surface area (Å²) in [7, 11) is -3.49. The molecule has 0 aliphatic carbocycles.